The van der Waals surface area contributed by atoms with Gasteiger partial charge in [0.25, 0.3) is 0 Å². The first-order valence-corrected chi connectivity index (χ1v) is 6.89. The summed E-state index contributed by atoms with van der Waals surface area (Å²) in [6.07, 6.45) is 4.70. The highest BCUT2D eigenvalue weighted by molar-refractivity contribution is 7.91. The maximum absolute atomic E-state index is 12.5. The van der Waals surface area contributed by atoms with Crippen LogP contribution in [0.15, 0.2) is 64.8 Å². The van der Waals surface area contributed by atoms with Crippen LogP contribution in [-0.4, -0.2) is 18.4 Å². The lowest BCUT2D eigenvalue weighted by Crippen LogP contribution is -2.02. The molecule has 3 rings (SSSR count). The van der Waals surface area contributed by atoms with Crippen LogP contribution in [0.5, 0.6) is 0 Å². The molecule has 0 saturated heterocycles. The Hall–Kier alpha value is -2.14. The van der Waals surface area contributed by atoms with Gasteiger partial charge in [-0.2, -0.15) is 0 Å². The fraction of sp³-hybridized carbons (Fsp3) is 0. The monoisotopic (exact) mass is 258 g/mol. The molecule has 0 radical (unpaired) electrons. The smallest absolute Gasteiger partial charge is 0.208 e. The van der Waals surface area contributed by atoms with Crippen molar-refractivity contribution >= 4 is 20.7 Å². The molecule has 2 aromatic heterocycles. The number of hydrogen-bond donors (Lipinski definition) is 1. The van der Waals surface area contributed by atoms with Crippen LogP contribution in [0.3, 0.4) is 0 Å². The summed E-state index contributed by atoms with van der Waals surface area (Å²) < 4.78 is 25.0. The van der Waals surface area contributed by atoms with Gasteiger partial charge in [0.2, 0.25) is 9.84 Å². The zero-order valence-electron chi connectivity index (χ0n) is 9.37. The lowest BCUT2D eigenvalue weighted by atomic mass is 10.3. The summed E-state index contributed by atoms with van der Waals surface area (Å²) in [7, 11) is -3.52. The Kier molecular flexibility index (Phi) is 2.41. The second-order valence-corrected chi connectivity index (χ2v) is 5.81. The highest BCUT2D eigenvalue weighted by Crippen LogP contribution is 2.26. The predicted octanol–water partition coefficient (Wildman–Crippen LogP) is 2.40. The van der Waals surface area contributed by atoms with E-state index in [2.05, 4.69) is 9.97 Å². The third-order valence-electron chi connectivity index (χ3n) is 2.78. The summed E-state index contributed by atoms with van der Waals surface area (Å²) in [5, 5.41) is 0.661. The van der Waals surface area contributed by atoms with Gasteiger partial charge in [-0.1, -0.05) is 18.2 Å². The van der Waals surface area contributed by atoms with Crippen LogP contribution in [0.1, 0.15) is 0 Å². The third kappa shape index (κ3) is 1.60. The molecular formula is C13H10N2O2S. The number of fused-ring (bicyclic) bond motifs is 1. The predicted molar refractivity (Wildman–Crippen MR) is 68.0 cm³/mol. The second-order valence-electron chi connectivity index (χ2n) is 3.89. The van der Waals surface area contributed by atoms with Crippen LogP contribution in [0.25, 0.3) is 10.9 Å². The average molecular weight is 258 g/mol. The van der Waals surface area contributed by atoms with Crippen LogP contribution < -0.4 is 0 Å². The number of sulfone groups is 1. The number of rotatable bonds is 2. The van der Waals surface area contributed by atoms with Gasteiger partial charge in [-0.15, -0.1) is 0 Å². The minimum Gasteiger partial charge on any atom is -0.360 e. The average Bonchev–Trinajstić information content (AvgIpc) is 2.87. The maximum atomic E-state index is 12.5. The molecule has 0 aliphatic carbocycles. The van der Waals surface area contributed by atoms with Crippen molar-refractivity contribution in [3.05, 3.63) is 55.0 Å². The first-order chi connectivity index (χ1) is 8.69. The number of aromatic nitrogens is 2. The van der Waals surface area contributed by atoms with Crippen molar-refractivity contribution in [1.29, 1.82) is 0 Å². The fourth-order valence-electron chi connectivity index (χ4n) is 1.89. The van der Waals surface area contributed by atoms with Crippen molar-refractivity contribution in [3.63, 3.8) is 0 Å². The maximum Gasteiger partial charge on any atom is 0.208 e. The van der Waals surface area contributed by atoms with E-state index in [4.69, 9.17) is 0 Å². The van der Waals surface area contributed by atoms with E-state index < -0.39 is 9.84 Å². The number of nitrogens with zero attached hydrogens (tertiary/aromatic N) is 1. The Bertz CT molecular complexity index is 792. The summed E-state index contributed by atoms with van der Waals surface area (Å²) in [4.78, 5) is 7.43. The van der Waals surface area contributed by atoms with Crippen molar-refractivity contribution in [3.8, 4) is 0 Å². The third-order valence-corrected chi connectivity index (χ3v) is 4.58. The van der Waals surface area contributed by atoms with E-state index in [0.717, 1.165) is 0 Å². The highest BCUT2D eigenvalue weighted by atomic mass is 32.2. The molecule has 0 amide bonds. The molecule has 4 nitrogen and oxygen atoms in total. The van der Waals surface area contributed by atoms with E-state index in [9.17, 15) is 8.42 Å². The van der Waals surface area contributed by atoms with Crippen molar-refractivity contribution in [2.45, 2.75) is 9.79 Å². The van der Waals surface area contributed by atoms with Gasteiger partial charge in [0.05, 0.1) is 21.5 Å². The number of nitrogens with one attached hydrogen (secondary N) is 1. The van der Waals surface area contributed by atoms with E-state index in [-0.39, 0.29) is 9.79 Å². The van der Waals surface area contributed by atoms with E-state index in [1.165, 1.54) is 6.20 Å². The highest BCUT2D eigenvalue weighted by Gasteiger charge is 2.20. The molecule has 3 aromatic rings. The summed E-state index contributed by atoms with van der Waals surface area (Å²) >= 11 is 0. The topological polar surface area (TPSA) is 62.8 Å². The lowest BCUT2D eigenvalue weighted by molar-refractivity contribution is 0.596. The van der Waals surface area contributed by atoms with Crippen LogP contribution >= 0.6 is 0 Å². The van der Waals surface area contributed by atoms with E-state index in [0.29, 0.717) is 10.9 Å². The second kappa shape index (κ2) is 3.96. The summed E-state index contributed by atoms with van der Waals surface area (Å²) in [5.74, 6) is 0. The number of H-pyrrole nitrogens is 1. The van der Waals surface area contributed by atoms with Gasteiger partial charge >= 0.3 is 0 Å². The summed E-state index contributed by atoms with van der Waals surface area (Å²) in [5.41, 5.74) is 0.715. The van der Waals surface area contributed by atoms with E-state index in [1.54, 1.807) is 48.8 Å². The lowest BCUT2D eigenvalue weighted by Gasteiger charge is -2.05. The molecule has 0 bridgehead atoms. The standard InChI is InChI=1S/C13H10N2O2S/c16-18(17,10-4-2-1-3-5-10)13-9-14-8-12-11(13)6-7-15-12/h1-9,15H. The molecule has 1 aromatic carbocycles. The number of benzene rings is 1. The Labute approximate surface area is 104 Å². The number of aromatic amines is 1. The molecule has 90 valence electrons. The fourth-order valence-corrected chi connectivity index (χ4v) is 3.33. The van der Waals surface area contributed by atoms with Crippen LogP contribution in [-0.2, 0) is 9.84 Å². The molecule has 2 heterocycles. The van der Waals surface area contributed by atoms with Crippen LogP contribution in [0, 0.1) is 0 Å². The van der Waals surface area contributed by atoms with Gasteiger partial charge in [-0.25, -0.2) is 8.42 Å². The first kappa shape index (κ1) is 11.0. The SMILES string of the molecule is O=S(=O)(c1ccccc1)c1cncc2[nH]ccc12. The van der Waals surface area contributed by atoms with Gasteiger partial charge in [-0.05, 0) is 18.2 Å². The molecular weight excluding hydrogens is 248 g/mol. The minimum atomic E-state index is -3.52. The van der Waals surface area contributed by atoms with Gasteiger partial charge in [0, 0.05) is 17.8 Å². The molecule has 0 aliphatic rings. The van der Waals surface area contributed by atoms with Crippen molar-refractivity contribution < 1.29 is 8.42 Å². The van der Waals surface area contributed by atoms with Gasteiger partial charge in [0.1, 0.15) is 0 Å². The molecule has 5 heteroatoms. The molecule has 0 atom stereocenters. The Balaban J connectivity index is 2.30. The van der Waals surface area contributed by atoms with Crippen LogP contribution in [0.4, 0.5) is 0 Å². The number of pyridine rings is 1. The summed E-state index contributed by atoms with van der Waals surface area (Å²) in [6.45, 7) is 0. The van der Waals surface area contributed by atoms with Crippen molar-refractivity contribution in [2.24, 2.45) is 0 Å². The van der Waals surface area contributed by atoms with E-state index >= 15 is 0 Å². The molecule has 0 fully saturated rings. The zero-order chi connectivity index (χ0) is 12.6. The summed E-state index contributed by atoms with van der Waals surface area (Å²) in [6, 6.07) is 10.1. The quantitative estimate of drug-likeness (QED) is 0.767. The minimum absolute atomic E-state index is 0.229. The molecule has 0 spiro atoms. The Morgan fingerprint density at radius 3 is 2.56 bits per heavy atom. The van der Waals surface area contributed by atoms with Gasteiger partial charge < -0.3 is 4.98 Å². The Morgan fingerprint density at radius 2 is 1.78 bits per heavy atom. The zero-order valence-corrected chi connectivity index (χ0v) is 10.2. The molecule has 0 aliphatic heterocycles. The largest absolute Gasteiger partial charge is 0.360 e. The van der Waals surface area contributed by atoms with Crippen LogP contribution in [0.2, 0.25) is 0 Å². The van der Waals surface area contributed by atoms with Gasteiger partial charge in [0.15, 0.2) is 0 Å². The number of hydrogen-bond acceptors (Lipinski definition) is 3. The molecule has 0 unspecified atom stereocenters. The first-order valence-electron chi connectivity index (χ1n) is 5.41. The van der Waals surface area contributed by atoms with Crippen molar-refractivity contribution in [1.82, 2.24) is 9.97 Å². The normalized spacial score (nSPS) is 11.8. The molecule has 18 heavy (non-hydrogen) atoms. The van der Waals surface area contributed by atoms with E-state index in [1.807, 2.05) is 0 Å². The van der Waals surface area contributed by atoms with Crippen molar-refractivity contribution in [2.75, 3.05) is 0 Å². The Morgan fingerprint density at radius 1 is 1.00 bits per heavy atom. The van der Waals surface area contributed by atoms with Gasteiger partial charge in [-0.3, -0.25) is 4.98 Å². The molecule has 1 N–H and O–H groups in total. The molecule has 0 saturated carbocycles.